The maximum Gasteiger partial charge on any atom is 0.261 e. The van der Waals surface area contributed by atoms with Gasteiger partial charge in [0.1, 0.15) is 17.6 Å². The van der Waals surface area contributed by atoms with E-state index in [4.69, 9.17) is 4.74 Å². The summed E-state index contributed by atoms with van der Waals surface area (Å²) in [6.07, 6.45) is 0.284. The highest BCUT2D eigenvalue weighted by molar-refractivity contribution is 7.92. The lowest BCUT2D eigenvalue weighted by molar-refractivity contribution is -0.142. The SMILES string of the molecule is Cc1ccc(CNC(=O)[C@H](Cc2ccccc2)N(Cc2ccccc2)C(=O)COc2ccc(S(=O)(=O)Nc3ccc(F)cc3)cc2)cc1. The van der Waals surface area contributed by atoms with Crippen molar-refractivity contribution in [2.45, 2.75) is 37.4 Å². The van der Waals surface area contributed by atoms with Crippen LogP contribution < -0.4 is 14.8 Å². The third kappa shape index (κ3) is 9.52. The molecule has 2 N–H and O–H groups in total. The van der Waals surface area contributed by atoms with Gasteiger partial charge in [-0.15, -0.1) is 0 Å². The predicted octanol–water partition coefficient (Wildman–Crippen LogP) is 6.27. The van der Waals surface area contributed by atoms with Crippen LogP contribution in [0.1, 0.15) is 22.3 Å². The monoisotopic (exact) mass is 665 g/mol. The number of aryl methyl sites for hydroxylation is 1. The molecule has 0 spiro atoms. The van der Waals surface area contributed by atoms with Crippen molar-refractivity contribution in [2.24, 2.45) is 0 Å². The minimum Gasteiger partial charge on any atom is -0.484 e. The Hall–Kier alpha value is -5.48. The maximum atomic E-state index is 13.9. The summed E-state index contributed by atoms with van der Waals surface area (Å²) in [5.74, 6) is -0.926. The molecule has 0 saturated carbocycles. The normalized spacial score (nSPS) is 11.7. The van der Waals surface area contributed by atoms with Gasteiger partial charge in [0.25, 0.3) is 15.9 Å². The number of carbonyl (C=O) groups excluding carboxylic acids is 2. The van der Waals surface area contributed by atoms with E-state index in [0.29, 0.717) is 6.54 Å². The second-order valence-corrected chi connectivity index (χ2v) is 13.0. The van der Waals surface area contributed by atoms with Gasteiger partial charge in [-0.3, -0.25) is 14.3 Å². The summed E-state index contributed by atoms with van der Waals surface area (Å²) in [5, 5.41) is 3.02. The highest BCUT2D eigenvalue weighted by atomic mass is 32.2. The van der Waals surface area contributed by atoms with Crippen LogP contribution in [-0.2, 0) is 39.1 Å². The Morgan fingerprint density at radius 1 is 0.750 bits per heavy atom. The summed E-state index contributed by atoms with van der Waals surface area (Å²) >= 11 is 0. The lowest BCUT2D eigenvalue weighted by Crippen LogP contribution is -2.51. The molecule has 0 radical (unpaired) electrons. The number of hydrogen-bond acceptors (Lipinski definition) is 5. The molecule has 8 nitrogen and oxygen atoms in total. The van der Waals surface area contributed by atoms with Crippen LogP contribution in [-0.4, -0.2) is 37.8 Å². The molecule has 5 aromatic carbocycles. The number of sulfonamides is 1. The summed E-state index contributed by atoms with van der Waals surface area (Å²) < 4.78 is 47.1. The fraction of sp³-hybridized carbons (Fsp3) is 0.158. The van der Waals surface area contributed by atoms with E-state index in [0.717, 1.165) is 34.4 Å². The maximum absolute atomic E-state index is 13.9. The summed E-state index contributed by atoms with van der Waals surface area (Å²) in [5.41, 5.74) is 4.01. The second-order valence-electron chi connectivity index (χ2n) is 11.3. The van der Waals surface area contributed by atoms with Gasteiger partial charge in [0.15, 0.2) is 6.61 Å². The first-order valence-electron chi connectivity index (χ1n) is 15.4. The first kappa shape index (κ1) is 33.9. The number of anilines is 1. The smallest absolute Gasteiger partial charge is 0.261 e. The highest BCUT2D eigenvalue weighted by Gasteiger charge is 2.30. The minimum atomic E-state index is -3.95. The van der Waals surface area contributed by atoms with Gasteiger partial charge in [-0.1, -0.05) is 90.5 Å². The molecule has 0 aliphatic carbocycles. The second kappa shape index (κ2) is 15.9. The Kier molecular flexibility index (Phi) is 11.2. The molecule has 0 aliphatic rings. The number of nitrogens with zero attached hydrogens (tertiary/aromatic N) is 1. The van der Waals surface area contributed by atoms with Gasteiger partial charge in [0.2, 0.25) is 5.91 Å². The molecule has 5 rings (SSSR count). The van der Waals surface area contributed by atoms with E-state index in [1.165, 1.54) is 41.3 Å². The van der Waals surface area contributed by atoms with Crippen molar-refractivity contribution in [3.05, 3.63) is 162 Å². The number of rotatable bonds is 14. The van der Waals surface area contributed by atoms with E-state index in [1.54, 1.807) is 0 Å². The molecular weight excluding hydrogens is 629 g/mol. The van der Waals surface area contributed by atoms with Crippen LogP contribution in [0.15, 0.2) is 138 Å². The van der Waals surface area contributed by atoms with Crippen LogP contribution in [0.5, 0.6) is 5.75 Å². The summed E-state index contributed by atoms with van der Waals surface area (Å²) in [7, 11) is -3.95. The van der Waals surface area contributed by atoms with Gasteiger partial charge in [-0.2, -0.15) is 0 Å². The van der Waals surface area contributed by atoms with Crippen LogP contribution in [0.4, 0.5) is 10.1 Å². The van der Waals surface area contributed by atoms with E-state index in [9.17, 15) is 22.4 Å². The topological polar surface area (TPSA) is 105 Å². The van der Waals surface area contributed by atoms with E-state index in [1.807, 2.05) is 91.9 Å². The third-order valence-corrected chi connectivity index (χ3v) is 9.04. The summed E-state index contributed by atoms with van der Waals surface area (Å²) in [4.78, 5) is 29.2. The Morgan fingerprint density at radius 2 is 1.35 bits per heavy atom. The van der Waals surface area contributed by atoms with E-state index < -0.39 is 27.8 Å². The molecule has 0 heterocycles. The quantitative estimate of drug-likeness (QED) is 0.146. The number of halogens is 1. The lowest BCUT2D eigenvalue weighted by atomic mass is 10.0. The van der Waals surface area contributed by atoms with Crippen LogP contribution in [0, 0.1) is 12.7 Å². The van der Waals surface area contributed by atoms with E-state index in [2.05, 4.69) is 10.0 Å². The highest BCUT2D eigenvalue weighted by Crippen LogP contribution is 2.21. The van der Waals surface area contributed by atoms with Crippen LogP contribution >= 0.6 is 0 Å². The lowest BCUT2D eigenvalue weighted by Gasteiger charge is -2.31. The van der Waals surface area contributed by atoms with Crippen molar-refractivity contribution in [1.82, 2.24) is 10.2 Å². The minimum absolute atomic E-state index is 0.0376. The van der Waals surface area contributed by atoms with Gasteiger partial charge >= 0.3 is 0 Å². The number of hydrogen-bond donors (Lipinski definition) is 2. The van der Waals surface area contributed by atoms with Crippen molar-refractivity contribution in [2.75, 3.05) is 11.3 Å². The molecule has 0 saturated heterocycles. The van der Waals surface area contributed by atoms with Crippen LogP contribution in [0.3, 0.4) is 0 Å². The zero-order chi connectivity index (χ0) is 33.9. The van der Waals surface area contributed by atoms with Crippen molar-refractivity contribution < 1.29 is 27.1 Å². The standard InChI is InChI=1S/C38H36FN3O5S/c1-28-12-14-30(15-13-28)25-40-38(44)36(24-29-8-4-2-5-9-29)42(26-31-10-6-3-7-11-31)37(43)27-47-34-20-22-35(23-21-34)48(45,46)41-33-18-16-32(39)17-19-33/h2-23,36,41H,24-27H2,1H3,(H,40,44)/t36-/m0/s1. The Morgan fingerprint density at radius 3 is 1.98 bits per heavy atom. The first-order chi connectivity index (χ1) is 23.2. The molecule has 0 unspecified atom stereocenters. The molecule has 0 bridgehead atoms. The zero-order valence-electron chi connectivity index (χ0n) is 26.4. The average molecular weight is 666 g/mol. The van der Waals surface area contributed by atoms with Crippen molar-refractivity contribution in [1.29, 1.82) is 0 Å². The van der Waals surface area contributed by atoms with Gasteiger partial charge < -0.3 is 15.0 Å². The van der Waals surface area contributed by atoms with Gasteiger partial charge in [0, 0.05) is 25.2 Å². The fourth-order valence-corrected chi connectivity index (χ4v) is 6.08. The molecule has 0 aromatic heterocycles. The molecule has 1 atom stereocenters. The van der Waals surface area contributed by atoms with E-state index in [-0.39, 0.29) is 41.8 Å². The van der Waals surface area contributed by atoms with Crippen LogP contribution in [0.25, 0.3) is 0 Å². The van der Waals surface area contributed by atoms with Crippen molar-refractivity contribution in [3.63, 3.8) is 0 Å². The van der Waals surface area contributed by atoms with Gasteiger partial charge in [0.05, 0.1) is 4.90 Å². The zero-order valence-corrected chi connectivity index (χ0v) is 27.2. The molecule has 10 heteroatoms. The first-order valence-corrected chi connectivity index (χ1v) is 16.9. The molecule has 5 aromatic rings. The summed E-state index contributed by atoms with van der Waals surface area (Å²) in [6, 6.07) is 36.5. The molecule has 2 amide bonds. The molecule has 0 fully saturated rings. The van der Waals surface area contributed by atoms with Gasteiger partial charge in [-0.25, -0.2) is 12.8 Å². The predicted molar refractivity (Wildman–Crippen MR) is 183 cm³/mol. The third-order valence-electron chi connectivity index (χ3n) is 7.65. The number of carbonyl (C=O) groups is 2. The number of amides is 2. The molecule has 0 aliphatic heterocycles. The van der Waals surface area contributed by atoms with Crippen molar-refractivity contribution >= 4 is 27.5 Å². The Balaban J connectivity index is 1.33. The number of benzene rings is 5. The van der Waals surface area contributed by atoms with E-state index >= 15 is 0 Å². The molecule has 48 heavy (non-hydrogen) atoms. The van der Waals surface area contributed by atoms with Crippen LogP contribution in [0.2, 0.25) is 0 Å². The Labute approximate surface area is 280 Å². The molecular formula is C38H36FN3O5S. The van der Waals surface area contributed by atoms with Crippen molar-refractivity contribution in [3.8, 4) is 5.75 Å². The summed E-state index contributed by atoms with van der Waals surface area (Å²) in [6.45, 7) is 2.09. The van der Waals surface area contributed by atoms with Gasteiger partial charge in [-0.05, 0) is 72.1 Å². The largest absolute Gasteiger partial charge is 0.484 e. The average Bonchev–Trinajstić information content (AvgIpc) is 3.10. The Bertz CT molecular complexity index is 1900. The molecule has 246 valence electrons. The number of ether oxygens (including phenoxy) is 1. The number of nitrogens with one attached hydrogen (secondary N) is 2. The fourth-order valence-electron chi connectivity index (χ4n) is 5.02.